The number of rotatable bonds is 4. The zero-order valence-electron chi connectivity index (χ0n) is 12.3. The number of hydrogen-bond acceptors (Lipinski definition) is 4. The molecule has 5 nitrogen and oxygen atoms in total. The van der Waals surface area contributed by atoms with E-state index in [4.69, 9.17) is 0 Å². The molecule has 2 rings (SSSR count). The summed E-state index contributed by atoms with van der Waals surface area (Å²) in [5.74, 6) is 1.05. The Morgan fingerprint density at radius 3 is 2.55 bits per heavy atom. The highest BCUT2D eigenvalue weighted by Crippen LogP contribution is 2.22. The van der Waals surface area contributed by atoms with Crippen LogP contribution in [0.15, 0.2) is 0 Å². The highest BCUT2D eigenvalue weighted by atomic mass is 32.2. The SMILES string of the molecule is CS(=O)(=O)CC1CCCN(C(=O)CC2CCNCC2)C1. The van der Waals surface area contributed by atoms with E-state index < -0.39 is 9.84 Å². The lowest BCUT2D eigenvalue weighted by Gasteiger charge is -2.34. The average molecular weight is 302 g/mol. The third kappa shape index (κ3) is 5.05. The van der Waals surface area contributed by atoms with Crippen molar-refractivity contribution in [1.82, 2.24) is 10.2 Å². The van der Waals surface area contributed by atoms with Crippen molar-refractivity contribution >= 4 is 15.7 Å². The molecule has 2 fully saturated rings. The first-order valence-corrected chi connectivity index (χ1v) is 9.66. The lowest BCUT2D eigenvalue weighted by atomic mass is 9.93. The first-order chi connectivity index (χ1) is 9.44. The van der Waals surface area contributed by atoms with Gasteiger partial charge in [-0.05, 0) is 50.6 Å². The van der Waals surface area contributed by atoms with Gasteiger partial charge in [0.1, 0.15) is 9.84 Å². The van der Waals surface area contributed by atoms with Crippen molar-refractivity contribution in [2.75, 3.05) is 38.2 Å². The van der Waals surface area contributed by atoms with Crippen molar-refractivity contribution in [3.05, 3.63) is 0 Å². The second-order valence-corrected chi connectivity index (χ2v) is 8.52. The summed E-state index contributed by atoms with van der Waals surface area (Å²) in [6.45, 7) is 3.43. The number of sulfone groups is 1. The Hall–Kier alpha value is -0.620. The summed E-state index contributed by atoms with van der Waals surface area (Å²) in [4.78, 5) is 14.2. The van der Waals surface area contributed by atoms with Crippen LogP contribution >= 0.6 is 0 Å². The minimum absolute atomic E-state index is 0.121. The summed E-state index contributed by atoms with van der Waals surface area (Å²) in [6.07, 6.45) is 5.91. The number of nitrogens with zero attached hydrogens (tertiary/aromatic N) is 1. The maximum Gasteiger partial charge on any atom is 0.222 e. The highest BCUT2D eigenvalue weighted by molar-refractivity contribution is 7.90. The summed E-state index contributed by atoms with van der Waals surface area (Å²) in [6, 6.07) is 0. The molecule has 1 unspecified atom stereocenters. The molecule has 0 aromatic carbocycles. The molecule has 1 N–H and O–H groups in total. The Kier molecular flexibility index (Phi) is 5.43. The molecule has 2 saturated heterocycles. The minimum atomic E-state index is -2.95. The Morgan fingerprint density at radius 1 is 1.20 bits per heavy atom. The van der Waals surface area contributed by atoms with E-state index in [1.807, 2.05) is 4.90 Å². The molecule has 2 heterocycles. The van der Waals surface area contributed by atoms with E-state index in [1.165, 1.54) is 6.26 Å². The molecule has 0 spiro atoms. The van der Waals surface area contributed by atoms with Gasteiger partial charge in [0, 0.05) is 25.8 Å². The van der Waals surface area contributed by atoms with Crippen molar-refractivity contribution in [2.24, 2.45) is 11.8 Å². The van der Waals surface area contributed by atoms with Crippen LogP contribution in [0.1, 0.15) is 32.1 Å². The molecule has 0 bridgehead atoms. The molecule has 1 amide bonds. The molecule has 0 aromatic heterocycles. The van der Waals surface area contributed by atoms with Gasteiger partial charge in [0.2, 0.25) is 5.91 Å². The first kappa shape index (κ1) is 15.8. The molecule has 0 aliphatic carbocycles. The zero-order chi connectivity index (χ0) is 14.6. The van der Waals surface area contributed by atoms with E-state index in [0.717, 1.165) is 45.3 Å². The maximum absolute atomic E-state index is 12.3. The monoisotopic (exact) mass is 302 g/mol. The zero-order valence-corrected chi connectivity index (χ0v) is 13.1. The molecule has 116 valence electrons. The van der Waals surface area contributed by atoms with Crippen molar-refractivity contribution in [3.63, 3.8) is 0 Å². The van der Waals surface area contributed by atoms with Crippen LogP contribution < -0.4 is 5.32 Å². The number of nitrogens with one attached hydrogen (secondary N) is 1. The number of hydrogen-bond donors (Lipinski definition) is 1. The van der Waals surface area contributed by atoms with Crippen LogP contribution in [0.4, 0.5) is 0 Å². The van der Waals surface area contributed by atoms with Gasteiger partial charge in [0.15, 0.2) is 0 Å². The van der Waals surface area contributed by atoms with Gasteiger partial charge >= 0.3 is 0 Å². The van der Waals surface area contributed by atoms with Gasteiger partial charge in [-0.25, -0.2) is 8.42 Å². The second kappa shape index (κ2) is 6.89. The lowest BCUT2D eigenvalue weighted by molar-refractivity contribution is -0.134. The normalized spacial score (nSPS) is 25.6. The molecule has 0 aromatic rings. The fourth-order valence-electron chi connectivity index (χ4n) is 3.32. The van der Waals surface area contributed by atoms with Crippen LogP contribution in [-0.2, 0) is 14.6 Å². The Balaban J connectivity index is 1.83. The van der Waals surface area contributed by atoms with Gasteiger partial charge in [-0.3, -0.25) is 4.79 Å². The van der Waals surface area contributed by atoms with E-state index in [9.17, 15) is 13.2 Å². The number of likely N-dealkylation sites (tertiary alicyclic amines) is 1. The highest BCUT2D eigenvalue weighted by Gasteiger charge is 2.27. The van der Waals surface area contributed by atoms with Gasteiger partial charge in [0.25, 0.3) is 0 Å². The number of amides is 1. The molecule has 1 atom stereocenters. The van der Waals surface area contributed by atoms with Crippen molar-refractivity contribution < 1.29 is 13.2 Å². The molecular weight excluding hydrogens is 276 g/mol. The van der Waals surface area contributed by atoms with E-state index in [0.29, 0.717) is 18.9 Å². The number of piperidine rings is 2. The van der Waals surface area contributed by atoms with Gasteiger partial charge in [0.05, 0.1) is 5.75 Å². The Bertz CT molecular complexity index is 430. The third-order valence-electron chi connectivity index (χ3n) is 4.33. The van der Waals surface area contributed by atoms with E-state index in [1.54, 1.807) is 0 Å². The second-order valence-electron chi connectivity index (χ2n) is 6.34. The van der Waals surface area contributed by atoms with E-state index >= 15 is 0 Å². The van der Waals surface area contributed by atoms with E-state index in [2.05, 4.69) is 5.32 Å². The quantitative estimate of drug-likeness (QED) is 0.828. The number of carbonyl (C=O) groups is 1. The van der Waals surface area contributed by atoms with Gasteiger partial charge in [-0.2, -0.15) is 0 Å². The lowest BCUT2D eigenvalue weighted by Crippen LogP contribution is -2.43. The van der Waals surface area contributed by atoms with Crippen LogP contribution in [0.5, 0.6) is 0 Å². The van der Waals surface area contributed by atoms with E-state index in [-0.39, 0.29) is 17.6 Å². The van der Waals surface area contributed by atoms with Gasteiger partial charge < -0.3 is 10.2 Å². The Labute approximate surface area is 122 Å². The number of carbonyl (C=O) groups excluding carboxylic acids is 1. The molecule has 0 radical (unpaired) electrons. The third-order valence-corrected chi connectivity index (χ3v) is 5.41. The molecule has 0 saturated carbocycles. The molecule has 6 heteroatoms. The van der Waals surface area contributed by atoms with Crippen LogP contribution in [-0.4, -0.2) is 57.4 Å². The van der Waals surface area contributed by atoms with Gasteiger partial charge in [-0.1, -0.05) is 0 Å². The maximum atomic E-state index is 12.3. The Morgan fingerprint density at radius 2 is 1.90 bits per heavy atom. The molecule has 20 heavy (non-hydrogen) atoms. The average Bonchev–Trinajstić information content (AvgIpc) is 2.38. The predicted octanol–water partition coefficient (Wildman–Crippen LogP) is 0.659. The van der Waals surface area contributed by atoms with Crippen LogP contribution in [0.25, 0.3) is 0 Å². The predicted molar refractivity (Wildman–Crippen MR) is 79.2 cm³/mol. The summed E-state index contributed by atoms with van der Waals surface area (Å²) < 4.78 is 22.8. The van der Waals surface area contributed by atoms with Crippen LogP contribution in [0.2, 0.25) is 0 Å². The standard InChI is InChI=1S/C14H26N2O3S/c1-20(18,19)11-13-3-2-8-16(10-13)14(17)9-12-4-6-15-7-5-12/h12-13,15H,2-11H2,1H3. The van der Waals surface area contributed by atoms with Crippen molar-refractivity contribution in [2.45, 2.75) is 32.1 Å². The summed E-state index contributed by atoms with van der Waals surface area (Å²) >= 11 is 0. The topological polar surface area (TPSA) is 66.5 Å². The minimum Gasteiger partial charge on any atom is -0.342 e. The molecular formula is C14H26N2O3S. The summed E-state index contributed by atoms with van der Waals surface area (Å²) in [5, 5.41) is 3.31. The van der Waals surface area contributed by atoms with Crippen LogP contribution in [0.3, 0.4) is 0 Å². The summed E-state index contributed by atoms with van der Waals surface area (Å²) in [7, 11) is -2.95. The first-order valence-electron chi connectivity index (χ1n) is 7.60. The fraction of sp³-hybridized carbons (Fsp3) is 0.929. The van der Waals surface area contributed by atoms with Crippen LogP contribution in [0, 0.1) is 11.8 Å². The van der Waals surface area contributed by atoms with Crippen molar-refractivity contribution in [1.29, 1.82) is 0 Å². The largest absolute Gasteiger partial charge is 0.342 e. The molecule has 2 aliphatic heterocycles. The summed E-state index contributed by atoms with van der Waals surface area (Å²) in [5.41, 5.74) is 0. The smallest absolute Gasteiger partial charge is 0.222 e. The van der Waals surface area contributed by atoms with Crippen molar-refractivity contribution in [3.8, 4) is 0 Å². The molecule has 2 aliphatic rings. The van der Waals surface area contributed by atoms with Gasteiger partial charge in [-0.15, -0.1) is 0 Å². The fourth-order valence-corrected chi connectivity index (χ4v) is 4.45.